The zero-order chi connectivity index (χ0) is 17.3. The monoisotopic (exact) mass is 348 g/mol. The van der Waals surface area contributed by atoms with Crippen molar-refractivity contribution in [3.8, 4) is 0 Å². The molecule has 1 aromatic carbocycles. The highest BCUT2D eigenvalue weighted by atomic mass is 32.1. The summed E-state index contributed by atoms with van der Waals surface area (Å²) in [5.74, 6) is -0.368. The highest BCUT2D eigenvalue weighted by Gasteiger charge is 2.28. The van der Waals surface area contributed by atoms with E-state index in [1.54, 1.807) is 36.2 Å². The maximum atomic E-state index is 13.4. The molecule has 0 saturated heterocycles. The Morgan fingerprint density at radius 1 is 1.21 bits per heavy atom. The van der Waals surface area contributed by atoms with Crippen LogP contribution in [0.3, 0.4) is 0 Å². The van der Waals surface area contributed by atoms with Gasteiger partial charge >= 0.3 is 5.97 Å². The standard InChI is InChI=1S/C17H14F2N2O2S/c1-10-13(17(22)23-2)9-21(12-5-3-11(18)4-6-12)16(20-10)14-7-8-15(19)24-14/h3-10H,1-2H3. The first kappa shape index (κ1) is 16.3. The SMILES string of the molecule is COC(=O)C1=CN(c2ccc(F)cc2)C(c2ccc(F)s2)=NC1C. The van der Waals surface area contributed by atoms with Gasteiger partial charge in [0.25, 0.3) is 0 Å². The number of hydrogen-bond acceptors (Lipinski definition) is 5. The number of rotatable bonds is 3. The molecule has 0 fully saturated rings. The van der Waals surface area contributed by atoms with Crippen molar-refractivity contribution >= 4 is 28.8 Å². The molecule has 4 nitrogen and oxygen atoms in total. The summed E-state index contributed by atoms with van der Waals surface area (Å²) < 4.78 is 31.4. The van der Waals surface area contributed by atoms with E-state index in [2.05, 4.69) is 4.99 Å². The van der Waals surface area contributed by atoms with Gasteiger partial charge in [-0.1, -0.05) is 0 Å². The van der Waals surface area contributed by atoms with Crippen molar-refractivity contribution in [2.24, 2.45) is 4.99 Å². The molecule has 1 aliphatic rings. The highest BCUT2D eigenvalue weighted by molar-refractivity contribution is 7.12. The summed E-state index contributed by atoms with van der Waals surface area (Å²) in [6, 6.07) is 8.30. The number of hydrogen-bond donors (Lipinski definition) is 0. The third-order valence-corrected chi connectivity index (χ3v) is 4.45. The van der Waals surface area contributed by atoms with E-state index in [1.165, 1.54) is 25.3 Å². The van der Waals surface area contributed by atoms with Crippen molar-refractivity contribution in [1.82, 2.24) is 0 Å². The van der Waals surface area contributed by atoms with Gasteiger partial charge in [0.05, 0.1) is 23.6 Å². The number of ether oxygens (including phenoxy) is 1. The van der Waals surface area contributed by atoms with Crippen LogP contribution in [-0.4, -0.2) is 25.0 Å². The van der Waals surface area contributed by atoms with Gasteiger partial charge in [-0.05, 0) is 43.3 Å². The second-order valence-electron chi connectivity index (χ2n) is 5.15. The number of aliphatic imine (C=N–C) groups is 1. The number of carbonyl (C=O) groups excluding carboxylic acids is 1. The van der Waals surface area contributed by atoms with Crippen LogP contribution in [-0.2, 0) is 9.53 Å². The summed E-state index contributed by atoms with van der Waals surface area (Å²) >= 11 is 0.955. The molecule has 1 aliphatic heterocycles. The van der Waals surface area contributed by atoms with Gasteiger partial charge in [-0.2, -0.15) is 4.39 Å². The number of amidine groups is 1. The zero-order valence-electron chi connectivity index (χ0n) is 13.0. The molecule has 124 valence electrons. The van der Waals surface area contributed by atoms with E-state index in [-0.39, 0.29) is 10.9 Å². The van der Waals surface area contributed by atoms with Crippen LogP contribution in [0.4, 0.5) is 14.5 Å². The van der Waals surface area contributed by atoms with E-state index in [4.69, 9.17) is 4.74 Å². The van der Waals surface area contributed by atoms with Crippen LogP contribution in [0.2, 0.25) is 0 Å². The van der Waals surface area contributed by atoms with Gasteiger partial charge in [0.1, 0.15) is 5.82 Å². The van der Waals surface area contributed by atoms with Gasteiger partial charge in [0.15, 0.2) is 11.0 Å². The molecule has 1 atom stereocenters. The van der Waals surface area contributed by atoms with Crippen molar-refractivity contribution in [2.75, 3.05) is 12.0 Å². The molecular formula is C17H14F2N2O2S. The second kappa shape index (κ2) is 6.52. The number of halogens is 2. The first-order valence-electron chi connectivity index (χ1n) is 7.18. The van der Waals surface area contributed by atoms with E-state index in [0.29, 0.717) is 22.0 Å². The maximum Gasteiger partial charge on any atom is 0.337 e. The molecule has 0 spiro atoms. The van der Waals surface area contributed by atoms with Crippen molar-refractivity contribution < 1.29 is 18.3 Å². The molecule has 1 aromatic heterocycles. The number of thiophene rings is 1. The maximum absolute atomic E-state index is 13.4. The Balaban J connectivity index is 2.09. The first-order chi connectivity index (χ1) is 11.5. The number of carbonyl (C=O) groups is 1. The molecule has 0 aliphatic carbocycles. The van der Waals surface area contributed by atoms with Crippen LogP contribution in [0.5, 0.6) is 0 Å². The first-order valence-corrected chi connectivity index (χ1v) is 7.99. The number of benzene rings is 1. The average Bonchev–Trinajstić information content (AvgIpc) is 3.01. The number of anilines is 1. The summed E-state index contributed by atoms with van der Waals surface area (Å²) in [4.78, 5) is 18.7. The molecule has 0 N–H and O–H groups in total. The second-order valence-corrected chi connectivity index (χ2v) is 6.19. The minimum Gasteiger partial charge on any atom is -0.466 e. The van der Waals surface area contributed by atoms with Crippen LogP contribution in [0.15, 0.2) is 53.2 Å². The topological polar surface area (TPSA) is 41.9 Å². The fourth-order valence-electron chi connectivity index (χ4n) is 2.38. The molecule has 7 heteroatoms. The van der Waals surface area contributed by atoms with E-state index in [1.807, 2.05) is 0 Å². The Morgan fingerprint density at radius 3 is 2.50 bits per heavy atom. The number of esters is 1. The Kier molecular flexibility index (Phi) is 4.44. The van der Waals surface area contributed by atoms with Crippen molar-refractivity contribution in [2.45, 2.75) is 13.0 Å². The molecule has 0 radical (unpaired) electrons. The van der Waals surface area contributed by atoms with Crippen LogP contribution in [0.1, 0.15) is 11.8 Å². The predicted molar refractivity (Wildman–Crippen MR) is 89.3 cm³/mol. The normalized spacial score (nSPS) is 17.3. The van der Waals surface area contributed by atoms with Crippen LogP contribution in [0.25, 0.3) is 0 Å². The molecule has 2 heterocycles. The Bertz CT molecular complexity index is 827. The van der Waals surface area contributed by atoms with Crippen molar-refractivity contribution in [3.05, 3.63) is 64.0 Å². The fourth-order valence-corrected chi connectivity index (χ4v) is 3.10. The van der Waals surface area contributed by atoms with Gasteiger partial charge in [-0.15, -0.1) is 11.3 Å². The van der Waals surface area contributed by atoms with Gasteiger partial charge in [0.2, 0.25) is 0 Å². The third-order valence-electron chi connectivity index (χ3n) is 3.58. The summed E-state index contributed by atoms with van der Waals surface area (Å²) in [6.45, 7) is 1.76. The molecule has 0 amide bonds. The van der Waals surface area contributed by atoms with E-state index >= 15 is 0 Å². The van der Waals surface area contributed by atoms with Crippen molar-refractivity contribution in [1.29, 1.82) is 0 Å². The fraction of sp³-hybridized carbons (Fsp3) is 0.176. The molecule has 2 aromatic rings. The van der Waals surface area contributed by atoms with E-state index in [0.717, 1.165) is 11.3 Å². The number of methoxy groups -OCH3 is 1. The smallest absolute Gasteiger partial charge is 0.337 e. The van der Waals surface area contributed by atoms with Gasteiger partial charge in [0, 0.05) is 11.9 Å². The lowest BCUT2D eigenvalue weighted by molar-refractivity contribution is -0.136. The van der Waals surface area contributed by atoms with Gasteiger partial charge in [-0.3, -0.25) is 4.99 Å². The van der Waals surface area contributed by atoms with E-state index < -0.39 is 12.0 Å². The molecular weight excluding hydrogens is 334 g/mol. The average molecular weight is 348 g/mol. The summed E-state index contributed by atoms with van der Waals surface area (Å²) in [6.07, 6.45) is 1.60. The zero-order valence-corrected chi connectivity index (χ0v) is 13.8. The summed E-state index contributed by atoms with van der Waals surface area (Å²) in [5.41, 5.74) is 0.972. The van der Waals surface area contributed by atoms with Crippen molar-refractivity contribution in [3.63, 3.8) is 0 Å². The molecule has 3 rings (SSSR count). The Morgan fingerprint density at radius 2 is 1.92 bits per heavy atom. The van der Waals surface area contributed by atoms with Crippen LogP contribution >= 0.6 is 11.3 Å². The summed E-state index contributed by atoms with van der Waals surface area (Å²) in [5, 5.41) is -0.331. The lowest BCUT2D eigenvalue weighted by atomic mass is 10.1. The van der Waals surface area contributed by atoms with Crippen LogP contribution in [0, 0.1) is 10.9 Å². The lowest BCUT2D eigenvalue weighted by Gasteiger charge is -2.29. The largest absolute Gasteiger partial charge is 0.466 e. The minimum absolute atomic E-state index is 0.331. The van der Waals surface area contributed by atoms with Gasteiger partial charge < -0.3 is 9.64 Å². The molecule has 0 bridgehead atoms. The Labute approximate surface area is 141 Å². The lowest BCUT2D eigenvalue weighted by Crippen LogP contribution is -2.34. The molecule has 24 heavy (non-hydrogen) atoms. The highest BCUT2D eigenvalue weighted by Crippen LogP contribution is 2.28. The predicted octanol–water partition coefficient (Wildman–Crippen LogP) is 3.74. The minimum atomic E-state index is -0.491. The third kappa shape index (κ3) is 3.07. The Hall–Kier alpha value is -2.54. The van der Waals surface area contributed by atoms with Gasteiger partial charge in [-0.25, -0.2) is 9.18 Å². The quantitative estimate of drug-likeness (QED) is 0.794. The van der Waals surface area contributed by atoms with Crippen LogP contribution < -0.4 is 4.90 Å². The number of nitrogens with zero attached hydrogens (tertiary/aromatic N) is 2. The van der Waals surface area contributed by atoms with E-state index in [9.17, 15) is 13.6 Å². The molecule has 1 unspecified atom stereocenters. The molecule has 0 saturated carbocycles. The summed E-state index contributed by atoms with van der Waals surface area (Å²) in [7, 11) is 1.30.